The second-order valence-electron chi connectivity index (χ2n) is 5.27. The third-order valence-electron chi connectivity index (χ3n) is 3.42. The van der Waals surface area contributed by atoms with Crippen molar-refractivity contribution in [3.8, 4) is 0 Å². The van der Waals surface area contributed by atoms with Crippen LogP contribution in [0.1, 0.15) is 52.7 Å². The Balaban J connectivity index is 0.00000211. The average molecular weight is 301 g/mol. The van der Waals surface area contributed by atoms with E-state index in [1.807, 2.05) is 27.8 Å². The molecule has 2 heteroatoms. The van der Waals surface area contributed by atoms with Crippen molar-refractivity contribution >= 4 is 11.4 Å². The smallest absolute Gasteiger partial charge is 0.147 e. The summed E-state index contributed by atoms with van der Waals surface area (Å²) in [5.74, 6) is 0.176. The highest BCUT2D eigenvalue weighted by Crippen LogP contribution is 2.21. The second kappa shape index (κ2) is 11.0. The Kier molecular flexibility index (Phi) is 10.1. The lowest BCUT2D eigenvalue weighted by atomic mass is 9.97. The van der Waals surface area contributed by atoms with Crippen LogP contribution in [0.3, 0.4) is 0 Å². The zero-order chi connectivity index (χ0) is 17.1. The number of carbonyl (C=O) groups excluding carboxylic acids is 1. The maximum atomic E-state index is 11.4. The van der Waals surface area contributed by atoms with Crippen molar-refractivity contribution < 1.29 is 4.79 Å². The SMILES string of the molecule is C/C=C\C(=C(C)C)c1ccc(C[C@H](NC)C(C)=O)cc1.CC. The molecule has 1 rings (SSSR count). The van der Waals surface area contributed by atoms with Gasteiger partial charge in [-0.05, 0) is 57.9 Å². The lowest BCUT2D eigenvalue weighted by molar-refractivity contribution is -0.118. The van der Waals surface area contributed by atoms with E-state index in [2.05, 4.69) is 55.6 Å². The maximum absolute atomic E-state index is 11.4. The summed E-state index contributed by atoms with van der Waals surface area (Å²) in [6.45, 7) is 11.9. The second-order valence-corrected chi connectivity index (χ2v) is 5.27. The molecule has 0 aliphatic carbocycles. The fourth-order valence-electron chi connectivity index (χ4n) is 2.22. The first-order valence-electron chi connectivity index (χ1n) is 8.06. The Morgan fingerprint density at radius 1 is 1.14 bits per heavy atom. The first kappa shape index (κ1) is 20.3. The molecule has 0 saturated heterocycles. The fraction of sp³-hybridized carbons (Fsp3) is 0.450. The van der Waals surface area contributed by atoms with Crippen LogP contribution >= 0.6 is 0 Å². The topological polar surface area (TPSA) is 29.1 Å². The quantitative estimate of drug-likeness (QED) is 0.765. The van der Waals surface area contributed by atoms with Crippen molar-refractivity contribution in [3.63, 3.8) is 0 Å². The minimum Gasteiger partial charge on any atom is -0.310 e. The first-order chi connectivity index (χ1) is 10.5. The van der Waals surface area contributed by atoms with Gasteiger partial charge < -0.3 is 5.32 Å². The van der Waals surface area contributed by atoms with Crippen molar-refractivity contribution in [2.75, 3.05) is 7.05 Å². The zero-order valence-electron chi connectivity index (χ0n) is 15.2. The third-order valence-corrected chi connectivity index (χ3v) is 3.42. The minimum absolute atomic E-state index is 0.0979. The number of allylic oxidation sites excluding steroid dienone is 4. The van der Waals surface area contributed by atoms with Gasteiger partial charge in [0, 0.05) is 0 Å². The zero-order valence-corrected chi connectivity index (χ0v) is 15.2. The van der Waals surface area contributed by atoms with Crippen molar-refractivity contribution in [1.29, 1.82) is 0 Å². The molecule has 1 N–H and O–H groups in total. The van der Waals surface area contributed by atoms with Crippen molar-refractivity contribution in [2.45, 2.75) is 54.0 Å². The van der Waals surface area contributed by atoms with Crippen molar-refractivity contribution in [3.05, 3.63) is 53.1 Å². The molecule has 0 radical (unpaired) electrons. The summed E-state index contributed by atoms with van der Waals surface area (Å²) < 4.78 is 0. The summed E-state index contributed by atoms with van der Waals surface area (Å²) in [5, 5.41) is 3.06. The normalized spacial score (nSPS) is 11.6. The van der Waals surface area contributed by atoms with Crippen LogP contribution in [0.15, 0.2) is 42.0 Å². The van der Waals surface area contributed by atoms with E-state index in [-0.39, 0.29) is 11.8 Å². The van der Waals surface area contributed by atoms with Gasteiger partial charge in [0.2, 0.25) is 0 Å². The van der Waals surface area contributed by atoms with Gasteiger partial charge in [0.25, 0.3) is 0 Å². The minimum atomic E-state index is -0.0979. The molecular formula is C20H31NO. The highest BCUT2D eigenvalue weighted by Gasteiger charge is 2.12. The molecule has 0 heterocycles. The molecule has 0 aromatic heterocycles. The molecular weight excluding hydrogens is 270 g/mol. The molecule has 1 aromatic rings. The van der Waals surface area contributed by atoms with Crippen LogP contribution in [0, 0.1) is 0 Å². The summed E-state index contributed by atoms with van der Waals surface area (Å²) in [4.78, 5) is 11.4. The molecule has 22 heavy (non-hydrogen) atoms. The van der Waals surface area contributed by atoms with Gasteiger partial charge in [-0.2, -0.15) is 0 Å². The highest BCUT2D eigenvalue weighted by molar-refractivity contribution is 5.81. The van der Waals surface area contributed by atoms with E-state index in [9.17, 15) is 4.79 Å². The molecule has 0 aliphatic rings. The summed E-state index contributed by atoms with van der Waals surface area (Å²) >= 11 is 0. The predicted octanol–water partition coefficient (Wildman–Crippen LogP) is 4.80. The molecule has 1 atom stereocenters. The number of carbonyl (C=O) groups is 1. The number of hydrogen-bond acceptors (Lipinski definition) is 2. The van der Waals surface area contributed by atoms with Gasteiger partial charge in [-0.15, -0.1) is 0 Å². The van der Waals surface area contributed by atoms with E-state index >= 15 is 0 Å². The van der Waals surface area contributed by atoms with Crippen LogP contribution in [-0.4, -0.2) is 18.9 Å². The molecule has 0 spiro atoms. The Bertz CT molecular complexity index is 505. The van der Waals surface area contributed by atoms with E-state index in [1.165, 1.54) is 22.3 Å². The highest BCUT2D eigenvalue weighted by atomic mass is 16.1. The Hall–Kier alpha value is -1.67. The van der Waals surface area contributed by atoms with E-state index < -0.39 is 0 Å². The lowest BCUT2D eigenvalue weighted by Crippen LogP contribution is -2.34. The van der Waals surface area contributed by atoms with Gasteiger partial charge in [-0.3, -0.25) is 4.79 Å². The molecule has 0 saturated carbocycles. The Labute approximate surface area is 136 Å². The van der Waals surface area contributed by atoms with Crippen LogP contribution in [0.4, 0.5) is 0 Å². The largest absolute Gasteiger partial charge is 0.310 e. The lowest BCUT2D eigenvalue weighted by Gasteiger charge is -2.13. The summed E-state index contributed by atoms with van der Waals surface area (Å²) in [6.07, 6.45) is 4.93. The van der Waals surface area contributed by atoms with Gasteiger partial charge >= 0.3 is 0 Å². The molecule has 122 valence electrons. The van der Waals surface area contributed by atoms with Gasteiger partial charge in [0.1, 0.15) is 5.78 Å². The number of hydrogen-bond donors (Lipinski definition) is 1. The molecule has 0 fully saturated rings. The summed E-state index contributed by atoms with van der Waals surface area (Å²) in [6, 6.07) is 8.37. The first-order valence-corrected chi connectivity index (χ1v) is 8.06. The molecule has 0 aliphatic heterocycles. The van der Waals surface area contributed by atoms with Gasteiger partial charge in [0.05, 0.1) is 6.04 Å². The number of likely N-dealkylation sites (N-methyl/N-ethyl adjacent to an activating group) is 1. The average Bonchev–Trinajstić information content (AvgIpc) is 2.52. The van der Waals surface area contributed by atoms with Crippen LogP contribution in [0.25, 0.3) is 5.57 Å². The number of nitrogens with one attached hydrogen (secondary N) is 1. The standard InChI is InChI=1S/C18H25NO.C2H6/c1-6-7-17(13(2)3)16-10-8-15(9-11-16)12-18(19-5)14(4)20;1-2/h6-11,18-19H,12H2,1-5H3;1-2H3/b7-6-;/t18-;/m0./s1. The Morgan fingerprint density at radius 3 is 2.05 bits per heavy atom. The van der Waals surface area contributed by atoms with Gasteiger partial charge in [-0.1, -0.05) is 55.8 Å². The van der Waals surface area contributed by atoms with Gasteiger partial charge in [-0.25, -0.2) is 0 Å². The molecule has 0 amide bonds. The van der Waals surface area contributed by atoms with Crippen LogP contribution in [0.5, 0.6) is 0 Å². The van der Waals surface area contributed by atoms with E-state index in [0.717, 1.165) is 6.42 Å². The van der Waals surface area contributed by atoms with Crippen molar-refractivity contribution in [1.82, 2.24) is 5.32 Å². The monoisotopic (exact) mass is 301 g/mol. The van der Waals surface area contributed by atoms with E-state index in [1.54, 1.807) is 6.92 Å². The number of Topliss-reactive ketones (excluding diaryl/α,β-unsaturated/α-hetero) is 1. The van der Waals surface area contributed by atoms with Crippen molar-refractivity contribution in [2.24, 2.45) is 0 Å². The molecule has 2 nitrogen and oxygen atoms in total. The third kappa shape index (κ3) is 6.40. The summed E-state index contributed by atoms with van der Waals surface area (Å²) in [7, 11) is 1.83. The Morgan fingerprint density at radius 2 is 1.68 bits per heavy atom. The van der Waals surface area contributed by atoms with E-state index in [0.29, 0.717) is 0 Å². The van der Waals surface area contributed by atoms with Crippen LogP contribution in [-0.2, 0) is 11.2 Å². The van der Waals surface area contributed by atoms with E-state index in [4.69, 9.17) is 0 Å². The van der Waals surface area contributed by atoms with Crippen LogP contribution < -0.4 is 5.32 Å². The summed E-state index contributed by atoms with van der Waals surface area (Å²) in [5.41, 5.74) is 4.95. The maximum Gasteiger partial charge on any atom is 0.147 e. The molecule has 0 bridgehead atoms. The molecule has 1 aromatic carbocycles. The predicted molar refractivity (Wildman–Crippen MR) is 98.1 cm³/mol. The van der Waals surface area contributed by atoms with Crippen LogP contribution in [0.2, 0.25) is 0 Å². The molecule has 0 unspecified atom stereocenters. The number of rotatable bonds is 6. The fourth-order valence-corrected chi connectivity index (χ4v) is 2.22. The number of ketones is 1. The van der Waals surface area contributed by atoms with Gasteiger partial charge in [0.15, 0.2) is 0 Å². The number of benzene rings is 1.